The number of hydrogen-bond acceptors (Lipinski definition) is 4. The van der Waals surface area contributed by atoms with Crippen LogP contribution in [0.5, 0.6) is 0 Å². The Kier molecular flexibility index (Phi) is 15.6. The molecule has 0 aromatic carbocycles. The Morgan fingerprint density at radius 2 is 1.22 bits per heavy atom. The molecule has 9 heavy (non-hydrogen) atoms. The molecule has 0 aliphatic heterocycles. The van der Waals surface area contributed by atoms with Crippen LogP contribution in [0, 0.1) is 0 Å². The molecule has 46 valence electrons. The summed E-state index contributed by atoms with van der Waals surface area (Å²) >= 11 is 0. The summed E-state index contributed by atoms with van der Waals surface area (Å²) in [6, 6.07) is 0. The molecule has 0 bridgehead atoms. The van der Waals surface area contributed by atoms with Gasteiger partial charge in [-0.25, -0.2) is 0 Å². The van der Waals surface area contributed by atoms with Gasteiger partial charge in [-0.05, 0) is 0 Å². The normalized spacial score (nSPS) is 9.33. The molecular weight excluding hydrogens is 162 g/mol. The van der Waals surface area contributed by atoms with Crippen LogP contribution in [-0.4, -0.2) is 92.0 Å². The Morgan fingerprint density at radius 3 is 1.22 bits per heavy atom. The molecule has 0 aliphatic carbocycles. The van der Waals surface area contributed by atoms with Crippen LogP contribution in [0.25, 0.3) is 0 Å². The summed E-state index contributed by atoms with van der Waals surface area (Å²) in [5.74, 6) is 0. The van der Waals surface area contributed by atoms with Crippen LogP contribution < -0.4 is 0 Å². The van der Waals surface area contributed by atoms with E-state index in [-0.39, 0.29) is 59.1 Å². The summed E-state index contributed by atoms with van der Waals surface area (Å²) in [6.07, 6.45) is 0. The van der Waals surface area contributed by atoms with E-state index in [9.17, 15) is 0 Å². The van der Waals surface area contributed by atoms with Crippen molar-refractivity contribution in [2.24, 2.45) is 0 Å². The van der Waals surface area contributed by atoms with Crippen LogP contribution in [0.15, 0.2) is 0 Å². The maximum absolute atomic E-state index is 8.38. The topological polar surface area (TPSA) is 58.9 Å². The quantitative estimate of drug-likeness (QED) is 0.468. The van der Waals surface area contributed by atoms with Gasteiger partial charge in [-0.15, -0.1) is 0 Å². The van der Waals surface area contributed by atoms with Crippen molar-refractivity contribution >= 4 is 68.2 Å². The van der Waals surface area contributed by atoms with Crippen molar-refractivity contribution in [1.82, 2.24) is 0 Å². The zero-order valence-corrected chi connectivity index (χ0v) is 11.2. The molecule has 0 amide bonds. The average molecular weight is 170 g/mol. The van der Waals surface area contributed by atoms with Crippen LogP contribution in [-0.2, 0) is 8.85 Å². The van der Waals surface area contributed by atoms with Gasteiger partial charge >= 0.3 is 9.05 Å². The standard InChI is InChI=1S/C2H8O4Si.2Na/c1-5-7(3,4)6-2;;/h3-4H,1-2H3;;. The molecule has 0 heterocycles. The van der Waals surface area contributed by atoms with Gasteiger partial charge in [-0.2, -0.15) is 0 Å². The summed E-state index contributed by atoms with van der Waals surface area (Å²) in [4.78, 5) is 16.8. The molecule has 0 saturated carbocycles. The van der Waals surface area contributed by atoms with Gasteiger partial charge in [0.25, 0.3) is 0 Å². The molecule has 0 spiro atoms. The fraction of sp³-hybridized carbons (Fsp3) is 1.00. The van der Waals surface area contributed by atoms with E-state index in [1.165, 1.54) is 14.2 Å². The molecule has 2 radical (unpaired) electrons. The molecule has 0 aromatic heterocycles. The van der Waals surface area contributed by atoms with Crippen molar-refractivity contribution in [1.29, 1.82) is 0 Å². The van der Waals surface area contributed by atoms with Gasteiger partial charge < -0.3 is 18.4 Å². The summed E-state index contributed by atoms with van der Waals surface area (Å²) in [5, 5.41) is 0. The Morgan fingerprint density at radius 1 is 1.00 bits per heavy atom. The fourth-order valence-electron chi connectivity index (χ4n) is 0.0833. The molecule has 0 fully saturated rings. The second-order valence-corrected chi connectivity index (χ2v) is 2.87. The van der Waals surface area contributed by atoms with Crippen LogP contribution in [0.4, 0.5) is 0 Å². The smallest absolute Gasteiger partial charge is 0.367 e. The molecule has 0 atom stereocenters. The first-order chi connectivity index (χ1) is 3.12. The molecular formula is C2H8Na2O4Si. The van der Waals surface area contributed by atoms with Gasteiger partial charge in [-0.3, -0.25) is 0 Å². The minimum Gasteiger partial charge on any atom is -0.367 e. The van der Waals surface area contributed by atoms with Crippen molar-refractivity contribution in [3.8, 4) is 0 Å². The van der Waals surface area contributed by atoms with Gasteiger partial charge in [0.05, 0.1) is 0 Å². The summed E-state index contributed by atoms with van der Waals surface area (Å²) in [7, 11) is -1.30. The zero-order valence-electron chi connectivity index (χ0n) is 6.21. The van der Waals surface area contributed by atoms with E-state index < -0.39 is 9.05 Å². The molecule has 7 heteroatoms. The summed E-state index contributed by atoms with van der Waals surface area (Å²) < 4.78 is 8.23. The number of hydrogen-bond donors (Lipinski definition) is 2. The second kappa shape index (κ2) is 8.16. The monoisotopic (exact) mass is 170 g/mol. The average Bonchev–Trinajstić information content (AvgIpc) is 1.68. The summed E-state index contributed by atoms with van der Waals surface area (Å²) in [5.41, 5.74) is 0. The van der Waals surface area contributed by atoms with Crippen molar-refractivity contribution in [2.45, 2.75) is 0 Å². The van der Waals surface area contributed by atoms with E-state index >= 15 is 0 Å². The van der Waals surface area contributed by atoms with Crippen LogP contribution in [0.3, 0.4) is 0 Å². The van der Waals surface area contributed by atoms with E-state index in [1.807, 2.05) is 0 Å². The first kappa shape index (κ1) is 17.2. The molecule has 0 aromatic rings. The van der Waals surface area contributed by atoms with Crippen molar-refractivity contribution in [3.05, 3.63) is 0 Å². The minimum atomic E-state index is -3.65. The Labute approximate surface area is 99.6 Å². The van der Waals surface area contributed by atoms with Gasteiger partial charge in [0, 0.05) is 73.3 Å². The van der Waals surface area contributed by atoms with Gasteiger partial charge in [0.1, 0.15) is 0 Å². The maximum Gasteiger partial charge on any atom is 0.673 e. The predicted molar refractivity (Wildman–Crippen MR) is 35.7 cm³/mol. The third-order valence-electron chi connectivity index (χ3n) is 0.532. The Balaban J connectivity index is -0.000000180. The minimum absolute atomic E-state index is 0. The van der Waals surface area contributed by atoms with E-state index in [2.05, 4.69) is 8.85 Å². The molecule has 0 unspecified atom stereocenters. The Hall–Kier alpha value is 2.06. The molecule has 2 N–H and O–H groups in total. The number of rotatable bonds is 2. The van der Waals surface area contributed by atoms with Crippen LogP contribution in [0.2, 0.25) is 0 Å². The summed E-state index contributed by atoms with van der Waals surface area (Å²) in [6.45, 7) is 0. The zero-order chi connectivity index (χ0) is 5.91. The van der Waals surface area contributed by atoms with E-state index in [1.54, 1.807) is 0 Å². The molecule has 4 nitrogen and oxygen atoms in total. The van der Waals surface area contributed by atoms with Crippen LogP contribution in [0.1, 0.15) is 0 Å². The van der Waals surface area contributed by atoms with Gasteiger partial charge in [0.15, 0.2) is 0 Å². The van der Waals surface area contributed by atoms with Crippen molar-refractivity contribution in [2.75, 3.05) is 14.2 Å². The predicted octanol–water partition coefficient (Wildman–Crippen LogP) is -2.06. The first-order valence-electron chi connectivity index (χ1n) is 1.67. The molecule has 0 saturated heterocycles. The van der Waals surface area contributed by atoms with Crippen LogP contribution >= 0.6 is 0 Å². The van der Waals surface area contributed by atoms with Crippen molar-refractivity contribution < 1.29 is 18.4 Å². The van der Waals surface area contributed by atoms with E-state index in [0.29, 0.717) is 0 Å². The molecule has 0 aliphatic rings. The molecule has 0 rings (SSSR count). The fourth-order valence-corrected chi connectivity index (χ4v) is 0.250. The van der Waals surface area contributed by atoms with Gasteiger partial charge in [0.2, 0.25) is 0 Å². The first-order valence-corrected chi connectivity index (χ1v) is 3.38. The van der Waals surface area contributed by atoms with Crippen molar-refractivity contribution in [3.63, 3.8) is 0 Å². The van der Waals surface area contributed by atoms with E-state index in [0.717, 1.165) is 0 Å². The third-order valence-corrected chi connectivity index (χ3v) is 1.60. The largest absolute Gasteiger partial charge is 0.673 e. The SMILES string of the molecule is CO[Si](O)(O)OC.[Na].[Na]. The third kappa shape index (κ3) is 10.1. The van der Waals surface area contributed by atoms with E-state index in [4.69, 9.17) is 9.59 Å². The Bertz CT molecular complexity index is 54.5. The second-order valence-electron chi connectivity index (χ2n) is 0.957. The van der Waals surface area contributed by atoms with Gasteiger partial charge in [-0.1, -0.05) is 0 Å². The maximum atomic E-state index is 8.38.